The summed E-state index contributed by atoms with van der Waals surface area (Å²) in [7, 11) is 2.10. The maximum absolute atomic E-state index is 5.48. The normalized spacial score (nSPS) is 11.3. The number of hydrogen-bond donors (Lipinski definition) is 1. The Kier molecular flexibility index (Phi) is 8.55. The molecule has 0 unspecified atom stereocenters. The second kappa shape index (κ2) is 10.1. The minimum atomic E-state index is 0.807. The highest BCUT2D eigenvalue weighted by molar-refractivity contribution is 4.97. The summed E-state index contributed by atoms with van der Waals surface area (Å²) < 4.78 is 10.8. The Balaban J connectivity index is 1.88. The molecule has 1 N–H and O–H groups in total. The first kappa shape index (κ1) is 15.2. The van der Waals surface area contributed by atoms with Crippen molar-refractivity contribution >= 4 is 0 Å². The highest BCUT2D eigenvalue weighted by Gasteiger charge is 2.01. The van der Waals surface area contributed by atoms with Gasteiger partial charge in [-0.2, -0.15) is 0 Å². The molecule has 0 aromatic carbocycles. The van der Waals surface area contributed by atoms with Crippen molar-refractivity contribution in [2.24, 2.45) is 0 Å². The Morgan fingerprint density at radius 1 is 1.33 bits per heavy atom. The first-order chi connectivity index (χ1) is 8.83. The average Bonchev–Trinajstić information content (AvgIpc) is 2.85. The molecule has 0 amide bonds. The minimum absolute atomic E-state index is 0.807. The van der Waals surface area contributed by atoms with Gasteiger partial charge in [0.1, 0.15) is 5.76 Å². The van der Waals surface area contributed by atoms with Gasteiger partial charge in [-0.05, 0) is 25.6 Å². The van der Waals surface area contributed by atoms with Crippen LogP contribution in [0.5, 0.6) is 0 Å². The molecule has 4 heteroatoms. The van der Waals surface area contributed by atoms with Crippen molar-refractivity contribution in [1.29, 1.82) is 0 Å². The van der Waals surface area contributed by atoms with Crippen LogP contribution in [0, 0.1) is 0 Å². The van der Waals surface area contributed by atoms with E-state index in [4.69, 9.17) is 9.15 Å². The number of ether oxygens (including phenoxy) is 1. The van der Waals surface area contributed by atoms with E-state index in [-0.39, 0.29) is 0 Å². The third-order valence-electron chi connectivity index (χ3n) is 2.74. The smallest absolute Gasteiger partial charge is 0.117 e. The van der Waals surface area contributed by atoms with Crippen LogP contribution in [-0.2, 0) is 11.3 Å². The van der Waals surface area contributed by atoms with Crippen LogP contribution in [0.2, 0.25) is 0 Å². The number of rotatable bonds is 11. The van der Waals surface area contributed by atoms with Crippen LogP contribution in [0.25, 0.3) is 0 Å². The summed E-state index contributed by atoms with van der Waals surface area (Å²) in [4.78, 5) is 2.24. The molecule has 1 rings (SSSR count). The zero-order valence-electron chi connectivity index (χ0n) is 11.7. The monoisotopic (exact) mass is 254 g/mol. The topological polar surface area (TPSA) is 37.6 Å². The second-order valence-corrected chi connectivity index (χ2v) is 4.53. The molecule has 0 fully saturated rings. The summed E-state index contributed by atoms with van der Waals surface area (Å²) in [5.41, 5.74) is 0. The fourth-order valence-corrected chi connectivity index (χ4v) is 1.64. The van der Waals surface area contributed by atoms with Crippen molar-refractivity contribution in [2.75, 3.05) is 39.9 Å². The lowest BCUT2D eigenvalue weighted by Gasteiger charge is -2.15. The lowest BCUT2D eigenvalue weighted by Crippen LogP contribution is -2.30. The third kappa shape index (κ3) is 7.48. The van der Waals surface area contributed by atoms with Gasteiger partial charge < -0.3 is 14.5 Å². The van der Waals surface area contributed by atoms with Gasteiger partial charge in [-0.25, -0.2) is 0 Å². The van der Waals surface area contributed by atoms with Crippen LogP contribution in [0.15, 0.2) is 22.8 Å². The highest BCUT2D eigenvalue weighted by Crippen LogP contribution is 2.02. The molecule has 0 saturated heterocycles. The number of unbranched alkanes of at least 4 members (excludes halogenated alkanes) is 1. The molecular weight excluding hydrogens is 228 g/mol. The average molecular weight is 254 g/mol. The van der Waals surface area contributed by atoms with E-state index in [1.807, 2.05) is 12.1 Å². The van der Waals surface area contributed by atoms with Crippen molar-refractivity contribution < 1.29 is 9.15 Å². The van der Waals surface area contributed by atoms with Crippen molar-refractivity contribution in [3.63, 3.8) is 0 Å². The Bertz CT molecular complexity index is 275. The molecule has 1 aromatic heterocycles. The molecule has 18 heavy (non-hydrogen) atoms. The van der Waals surface area contributed by atoms with Crippen LogP contribution in [0.3, 0.4) is 0 Å². The number of likely N-dealkylation sites (N-methyl/N-ethyl adjacent to an activating group) is 1. The van der Waals surface area contributed by atoms with Gasteiger partial charge in [0.2, 0.25) is 0 Å². The molecule has 1 aromatic rings. The zero-order chi connectivity index (χ0) is 13.1. The number of nitrogens with zero attached hydrogens (tertiary/aromatic N) is 1. The second-order valence-electron chi connectivity index (χ2n) is 4.53. The van der Waals surface area contributed by atoms with E-state index < -0.39 is 0 Å². The van der Waals surface area contributed by atoms with E-state index >= 15 is 0 Å². The van der Waals surface area contributed by atoms with Crippen molar-refractivity contribution in [1.82, 2.24) is 10.2 Å². The Morgan fingerprint density at radius 2 is 2.22 bits per heavy atom. The number of hydrogen-bond acceptors (Lipinski definition) is 4. The molecule has 0 radical (unpaired) electrons. The Hall–Kier alpha value is -0.840. The van der Waals surface area contributed by atoms with Crippen LogP contribution in [-0.4, -0.2) is 44.8 Å². The van der Waals surface area contributed by atoms with Crippen LogP contribution in [0.4, 0.5) is 0 Å². The summed E-state index contributed by atoms with van der Waals surface area (Å²) in [6.07, 6.45) is 4.08. The Labute approximate surface area is 110 Å². The maximum Gasteiger partial charge on any atom is 0.117 e. The molecule has 0 aliphatic carbocycles. The van der Waals surface area contributed by atoms with Crippen LogP contribution in [0.1, 0.15) is 25.5 Å². The number of nitrogens with one attached hydrogen (secondary N) is 1. The molecule has 0 spiro atoms. The quantitative estimate of drug-likeness (QED) is 0.614. The van der Waals surface area contributed by atoms with Crippen molar-refractivity contribution in [3.8, 4) is 0 Å². The van der Waals surface area contributed by atoms with Gasteiger partial charge in [0, 0.05) is 26.2 Å². The van der Waals surface area contributed by atoms with E-state index in [1.165, 1.54) is 6.42 Å². The van der Waals surface area contributed by atoms with Crippen molar-refractivity contribution in [2.45, 2.75) is 26.3 Å². The van der Waals surface area contributed by atoms with E-state index in [9.17, 15) is 0 Å². The lowest BCUT2D eigenvalue weighted by atomic mass is 10.4. The summed E-state index contributed by atoms with van der Waals surface area (Å²) >= 11 is 0. The van der Waals surface area contributed by atoms with Gasteiger partial charge in [0.15, 0.2) is 0 Å². The molecule has 0 aliphatic heterocycles. The largest absolute Gasteiger partial charge is 0.468 e. The third-order valence-corrected chi connectivity index (χ3v) is 2.74. The van der Waals surface area contributed by atoms with Gasteiger partial charge >= 0.3 is 0 Å². The highest BCUT2D eigenvalue weighted by atomic mass is 16.5. The van der Waals surface area contributed by atoms with Gasteiger partial charge in [-0.1, -0.05) is 13.3 Å². The van der Waals surface area contributed by atoms with E-state index in [2.05, 4.69) is 24.2 Å². The van der Waals surface area contributed by atoms with Gasteiger partial charge in [0.25, 0.3) is 0 Å². The van der Waals surface area contributed by atoms with Gasteiger partial charge in [0.05, 0.1) is 19.4 Å². The van der Waals surface area contributed by atoms with Gasteiger partial charge in [-0.3, -0.25) is 4.90 Å². The summed E-state index contributed by atoms with van der Waals surface area (Å²) in [6, 6.07) is 3.93. The summed E-state index contributed by atoms with van der Waals surface area (Å²) in [5, 5.41) is 3.38. The van der Waals surface area contributed by atoms with Crippen LogP contribution >= 0.6 is 0 Å². The van der Waals surface area contributed by atoms with E-state index in [0.29, 0.717) is 0 Å². The molecule has 0 bridgehead atoms. The molecule has 4 nitrogen and oxygen atoms in total. The SMILES string of the molecule is CCCCOCCNCCN(C)Cc1ccco1. The molecule has 1 heterocycles. The first-order valence-corrected chi connectivity index (χ1v) is 6.82. The van der Waals surface area contributed by atoms with Crippen LogP contribution < -0.4 is 5.32 Å². The molecule has 0 saturated carbocycles. The van der Waals surface area contributed by atoms with E-state index in [1.54, 1.807) is 6.26 Å². The van der Waals surface area contributed by atoms with E-state index in [0.717, 1.165) is 51.6 Å². The minimum Gasteiger partial charge on any atom is -0.468 e. The maximum atomic E-state index is 5.48. The van der Waals surface area contributed by atoms with Gasteiger partial charge in [-0.15, -0.1) is 0 Å². The zero-order valence-corrected chi connectivity index (χ0v) is 11.7. The summed E-state index contributed by atoms with van der Waals surface area (Å²) in [5.74, 6) is 1.01. The molecular formula is C14H26N2O2. The molecule has 0 atom stereocenters. The summed E-state index contributed by atoms with van der Waals surface area (Å²) in [6.45, 7) is 7.65. The fourth-order valence-electron chi connectivity index (χ4n) is 1.64. The molecule has 0 aliphatic rings. The van der Waals surface area contributed by atoms with Crippen molar-refractivity contribution in [3.05, 3.63) is 24.2 Å². The standard InChI is InChI=1S/C14H26N2O2/c1-3-4-10-17-12-8-15-7-9-16(2)13-14-6-5-11-18-14/h5-6,11,15H,3-4,7-10,12-13H2,1-2H3. The predicted molar refractivity (Wildman–Crippen MR) is 73.6 cm³/mol. The number of furan rings is 1. The Morgan fingerprint density at radius 3 is 2.94 bits per heavy atom. The lowest BCUT2D eigenvalue weighted by molar-refractivity contribution is 0.132. The predicted octanol–water partition coefficient (Wildman–Crippen LogP) is 2.12. The fraction of sp³-hybridized carbons (Fsp3) is 0.714. The first-order valence-electron chi connectivity index (χ1n) is 6.82. The molecule has 104 valence electrons.